The van der Waals surface area contributed by atoms with Crippen LogP contribution in [0.25, 0.3) is 17.0 Å². The van der Waals surface area contributed by atoms with Crippen LogP contribution < -0.4 is 15.5 Å². The maximum absolute atomic E-state index is 6.05. The SMILES string of the molecule is c1ccc(-c2cnc(NC3CCCCC3N[C@H]3CCCN(c4ccc(-n5cncn5)cc4)C3)o2)cc1. The molecule has 2 fully saturated rings. The van der Waals surface area contributed by atoms with E-state index in [4.69, 9.17) is 4.42 Å². The first-order chi connectivity index (χ1) is 17.8. The molecule has 3 atom stereocenters. The van der Waals surface area contributed by atoms with Crippen LogP contribution in [0.1, 0.15) is 38.5 Å². The van der Waals surface area contributed by atoms with Crippen molar-refractivity contribution in [1.82, 2.24) is 25.1 Å². The first-order valence-corrected chi connectivity index (χ1v) is 13.1. The Morgan fingerprint density at radius 2 is 1.67 bits per heavy atom. The summed E-state index contributed by atoms with van der Waals surface area (Å²) in [6.07, 6.45) is 12.3. The van der Waals surface area contributed by atoms with Gasteiger partial charge in [-0.2, -0.15) is 5.10 Å². The third-order valence-corrected chi connectivity index (χ3v) is 7.41. The fourth-order valence-electron chi connectivity index (χ4n) is 5.55. The molecule has 36 heavy (non-hydrogen) atoms. The Labute approximate surface area is 211 Å². The molecular weight excluding hydrogens is 450 g/mol. The van der Waals surface area contributed by atoms with Gasteiger partial charge in [0.25, 0.3) is 6.01 Å². The van der Waals surface area contributed by atoms with Crippen molar-refractivity contribution in [3.05, 3.63) is 73.4 Å². The number of hydrogen-bond donors (Lipinski definition) is 2. The van der Waals surface area contributed by atoms with Gasteiger partial charge in [0, 0.05) is 42.5 Å². The summed E-state index contributed by atoms with van der Waals surface area (Å²) in [7, 11) is 0. The molecule has 2 N–H and O–H groups in total. The molecule has 0 radical (unpaired) electrons. The second-order valence-electron chi connectivity index (χ2n) is 9.85. The van der Waals surface area contributed by atoms with Crippen molar-refractivity contribution in [2.24, 2.45) is 0 Å². The van der Waals surface area contributed by atoms with Crippen LogP contribution in [0, 0.1) is 0 Å². The number of nitrogens with one attached hydrogen (secondary N) is 2. The predicted octanol–water partition coefficient (Wildman–Crippen LogP) is 4.90. The van der Waals surface area contributed by atoms with Crippen LogP contribution in [-0.4, -0.2) is 51.0 Å². The molecule has 1 aliphatic heterocycles. The molecule has 0 amide bonds. The summed E-state index contributed by atoms with van der Waals surface area (Å²) in [5, 5.41) is 11.8. The number of piperidine rings is 1. The normalized spacial score (nSPS) is 22.4. The second-order valence-corrected chi connectivity index (χ2v) is 9.85. The van der Waals surface area contributed by atoms with Crippen molar-refractivity contribution in [3.63, 3.8) is 0 Å². The van der Waals surface area contributed by atoms with E-state index in [-0.39, 0.29) is 0 Å². The number of anilines is 2. The molecule has 3 heterocycles. The molecule has 6 rings (SSSR count). The number of nitrogens with zero attached hydrogens (tertiary/aromatic N) is 5. The van der Waals surface area contributed by atoms with Gasteiger partial charge in [-0.15, -0.1) is 0 Å². The predicted molar refractivity (Wildman–Crippen MR) is 141 cm³/mol. The maximum atomic E-state index is 6.05. The number of benzene rings is 2. The van der Waals surface area contributed by atoms with E-state index < -0.39 is 0 Å². The van der Waals surface area contributed by atoms with E-state index in [1.54, 1.807) is 17.3 Å². The Kier molecular flexibility index (Phi) is 6.67. The van der Waals surface area contributed by atoms with Gasteiger partial charge in [-0.25, -0.2) is 14.6 Å². The molecule has 1 saturated heterocycles. The van der Waals surface area contributed by atoms with E-state index in [2.05, 4.69) is 54.9 Å². The lowest BCUT2D eigenvalue weighted by atomic mass is 9.89. The van der Waals surface area contributed by atoms with Crippen molar-refractivity contribution in [2.75, 3.05) is 23.3 Å². The molecule has 2 unspecified atom stereocenters. The lowest BCUT2D eigenvalue weighted by molar-refractivity contribution is 0.290. The fourth-order valence-corrected chi connectivity index (χ4v) is 5.55. The standard InChI is InChI=1S/C28H33N7O/c1-2-7-21(8-3-1)27-17-30-28(36-27)33-26-11-5-4-10-25(26)32-22-9-6-16-34(18-22)23-12-14-24(15-13-23)35-20-29-19-31-35/h1-3,7-8,12-15,17,19-20,22,25-26,32H,4-6,9-11,16,18H2,(H,30,33)/t22-,25?,26?/m0/s1. The molecular formula is C28H33N7O. The third-order valence-electron chi connectivity index (χ3n) is 7.41. The number of hydrogen-bond acceptors (Lipinski definition) is 7. The third kappa shape index (κ3) is 5.14. The smallest absolute Gasteiger partial charge is 0.295 e. The van der Waals surface area contributed by atoms with E-state index in [1.165, 1.54) is 37.8 Å². The van der Waals surface area contributed by atoms with Crippen molar-refractivity contribution in [3.8, 4) is 17.0 Å². The molecule has 2 aliphatic rings. The summed E-state index contributed by atoms with van der Waals surface area (Å²) in [6, 6.07) is 20.6. The molecule has 0 bridgehead atoms. The Bertz CT molecular complexity index is 1220. The maximum Gasteiger partial charge on any atom is 0.295 e. The Morgan fingerprint density at radius 1 is 0.861 bits per heavy atom. The van der Waals surface area contributed by atoms with Gasteiger partial charge in [-0.3, -0.25) is 0 Å². The summed E-state index contributed by atoms with van der Waals surface area (Å²) in [5.41, 5.74) is 3.34. The van der Waals surface area contributed by atoms with Gasteiger partial charge in [0.05, 0.1) is 11.9 Å². The average molecular weight is 484 g/mol. The molecule has 1 aliphatic carbocycles. The van der Waals surface area contributed by atoms with E-state index in [0.717, 1.165) is 36.5 Å². The summed E-state index contributed by atoms with van der Waals surface area (Å²) in [5.74, 6) is 0.802. The molecule has 2 aromatic heterocycles. The Balaban J connectivity index is 1.08. The summed E-state index contributed by atoms with van der Waals surface area (Å²) in [4.78, 5) is 11.1. The van der Waals surface area contributed by atoms with Crippen LogP contribution in [0.3, 0.4) is 0 Å². The van der Waals surface area contributed by atoms with Gasteiger partial charge in [-0.1, -0.05) is 43.2 Å². The van der Waals surface area contributed by atoms with Crippen molar-refractivity contribution >= 4 is 11.7 Å². The van der Waals surface area contributed by atoms with Gasteiger partial charge >= 0.3 is 0 Å². The van der Waals surface area contributed by atoms with Crippen LogP contribution in [0.4, 0.5) is 11.7 Å². The highest BCUT2D eigenvalue weighted by molar-refractivity contribution is 5.57. The van der Waals surface area contributed by atoms with Gasteiger partial charge < -0.3 is 20.0 Å². The monoisotopic (exact) mass is 483 g/mol. The van der Waals surface area contributed by atoms with Gasteiger partial charge in [-0.05, 0) is 49.9 Å². The lowest BCUT2D eigenvalue weighted by Crippen LogP contribution is -2.54. The topological polar surface area (TPSA) is 84.0 Å². The van der Waals surface area contributed by atoms with Crippen LogP contribution >= 0.6 is 0 Å². The molecule has 1 saturated carbocycles. The first kappa shape index (κ1) is 22.8. The number of aromatic nitrogens is 4. The molecule has 0 spiro atoms. The van der Waals surface area contributed by atoms with Crippen LogP contribution in [-0.2, 0) is 0 Å². The van der Waals surface area contributed by atoms with Crippen LogP contribution in [0.5, 0.6) is 0 Å². The number of rotatable bonds is 7. The Hall–Kier alpha value is -3.65. The zero-order valence-electron chi connectivity index (χ0n) is 20.5. The van der Waals surface area contributed by atoms with Gasteiger partial charge in [0.15, 0.2) is 5.76 Å². The molecule has 4 aromatic rings. The lowest BCUT2D eigenvalue weighted by Gasteiger charge is -2.40. The van der Waals surface area contributed by atoms with E-state index in [9.17, 15) is 0 Å². The minimum atomic E-state index is 0.318. The fraction of sp³-hybridized carbons (Fsp3) is 0.393. The summed E-state index contributed by atoms with van der Waals surface area (Å²) < 4.78 is 7.84. The minimum absolute atomic E-state index is 0.318. The number of oxazole rings is 1. The van der Waals surface area contributed by atoms with Crippen LogP contribution in [0.2, 0.25) is 0 Å². The van der Waals surface area contributed by atoms with E-state index in [0.29, 0.717) is 24.1 Å². The van der Waals surface area contributed by atoms with Gasteiger partial charge in [0.2, 0.25) is 0 Å². The zero-order valence-corrected chi connectivity index (χ0v) is 20.5. The zero-order chi connectivity index (χ0) is 24.2. The quantitative estimate of drug-likeness (QED) is 0.387. The molecule has 8 nitrogen and oxygen atoms in total. The van der Waals surface area contributed by atoms with Crippen molar-refractivity contribution in [2.45, 2.75) is 56.7 Å². The highest BCUT2D eigenvalue weighted by Gasteiger charge is 2.30. The van der Waals surface area contributed by atoms with Crippen molar-refractivity contribution in [1.29, 1.82) is 0 Å². The van der Waals surface area contributed by atoms with E-state index >= 15 is 0 Å². The molecule has 2 aromatic carbocycles. The molecule has 8 heteroatoms. The van der Waals surface area contributed by atoms with Crippen molar-refractivity contribution < 1.29 is 4.42 Å². The Morgan fingerprint density at radius 3 is 2.47 bits per heavy atom. The molecule has 186 valence electrons. The van der Waals surface area contributed by atoms with Crippen LogP contribution in [0.15, 0.2) is 77.9 Å². The van der Waals surface area contributed by atoms with E-state index in [1.807, 2.05) is 36.5 Å². The highest BCUT2D eigenvalue weighted by Crippen LogP contribution is 2.27. The highest BCUT2D eigenvalue weighted by atomic mass is 16.4. The second kappa shape index (κ2) is 10.5. The average Bonchev–Trinajstić information content (AvgIpc) is 3.64. The first-order valence-electron chi connectivity index (χ1n) is 13.1. The summed E-state index contributed by atoms with van der Waals surface area (Å²) >= 11 is 0. The van der Waals surface area contributed by atoms with Gasteiger partial charge in [0.1, 0.15) is 12.7 Å². The minimum Gasteiger partial charge on any atom is -0.424 e. The largest absolute Gasteiger partial charge is 0.424 e. The summed E-state index contributed by atoms with van der Waals surface area (Å²) in [6.45, 7) is 2.11.